The fraction of sp³-hybridized carbons (Fsp3) is 0.182. The first-order chi connectivity index (χ1) is 14.6. The Hall–Kier alpha value is -3.81. The summed E-state index contributed by atoms with van der Waals surface area (Å²) in [6.45, 7) is 3.94. The number of nitrogens with zero attached hydrogens (tertiary/aromatic N) is 3. The minimum absolute atomic E-state index is 0.0969. The van der Waals surface area contributed by atoms with Gasteiger partial charge in [-0.25, -0.2) is 4.39 Å². The predicted octanol–water partition coefficient (Wildman–Crippen LogP) is 3.13. The van der Waals surface area contributed by atoms with Crippen molar-refractivity contribution in [2.45, 2.75) is 18.5 Å². The van der Waals surface area contributed by atoms with E-state index in [1.165, 1.54) is 29.2 Å². The summed E-state index contributed by atoms with van der Waals surface area (Å²) in [5.41, 5.74) is 1.38. The van der Waals surface area contributed by atoms with Crippen molar-refractivity contribution in [2.75, 3.05) is 6.54 Å². The highest BCUT2D eigenvalue weighted by Crippen LogP contribution is 2.24. The summed E-state index contributed by atoms with van der Waals surface area (Å²) in [5, 5.41) is 6.74. The number of hydrogen-bond donors (Lipinski definition) is 1. The van der Waals surface area contributed by atoms with E-state index in [9.17, 15) is 14.0 Å². The molecule has 1 saturated heterocycles. The van der Waals surface area contributed by atoms with Gasteiger partial charge in [-0.2, -0.15) is 4.98 Å². The molecule has 0 aliphatic carbocycles. The fourth-order valence-corrected chi connectivity index (χ4v) is 3.42. The molecule has 152 valence electrons. The summed E-state index contributed by atoms with van der Waals surface area (Å²) < 4.78 is 18.3. The minimum Gasteiger partial charge on any atom is -0.346 e. The van der Waals surface area contributed by atoms with Crippen molar-refractivity contribution in [3.05, 3.63) is 84.5 Å². The molecule has 1 fully saturated rings. The van der Waals surface area contributed by atoms with Crippen molar-refractivity contribution in [3.8, 4) is 11.5 Å². The van der Waals surface area contributed by atoms with Crippen molar-refractivity contribution in [2.24, 2.45) is 0 Å². The highest BCUT2D eigenvalue weighted by molar-refractivity contribution is 5.96. The van der Waals surface area contributed by atoms with Gasteiger partial charge in [-0.3, -0.25) is 9.59 Å². The van der Waals surface area contributed by atoms with Gasteiger partial charge in [0.15, 0.2) is 0 Å². The molecule has 2 amide bonds. The number of carbonyl (C=O) groups excluding carboxylic acids is 2. The maximum Gasteiger partial charge on any atom is 0.296 e. The Morgan fingerprint density at radius 2 is 1.97 bits per heavy atom. The molecular formula is C22H19FN4O3. The van der Waals surface area contributed by atoms with E-state index in [1.54, 1.807) is 6.08 Å². The third kappa shape index (κ3) is 3.84. The largest absolute Gasteiger partial charge is 0.346 e. The van der Waals surface area contributed by atoms with E-state index < -0.39 is 17.8 Å². The predicted molar refractivity (Wildman–Crippen MR) is 107 cm³/mol. The number of benzene rings is 2. The second kappa shape index (κ2) is 8.28. The maximum absolute atomic E-state index is 13.2. The summed E-state index contributed by atoms with van der Waals surface area (Å²) in [7, 11) is 0. The van der Waals surface area contributed by atoms with Gasteiger partial charge in [0.1, 0.15) is 11.9 Å². The molecule has 1 aliphatic rings. The smallest absolute Gasteiger partial charge is 0.296 e. The molecule has 0 bridgehead atoms. The maximum atomic E-state index is 13.2. The minimum atomic E-state index is -0.720. The van der Waals surface area contributed by atoms with Gasteiger partial charge in [-0.15, -0.1) is 6.58 Å². The van der Waals surface area contributed by atoms with Crippen LogP contribution in [0.25, 0.3) is 11.5 Å². The Labute approximate surface area is 172 Å². The van der Waals surface area contributed by atoms with Crippen LogP contribution in [0, 0.1) is 5.82 Å². The molecule has 4 rings (SSSR count). The van der Waals surface area contributed by atoms with E-state index in [4.69, 9.17) is 4.52 Å². The normalized spacial score (nSPS) is 18.7. The topological polar surface area (TPSA) is 88.3 Å². The zero-order valence-electron chi connectivity index (χ0n) is 16.0. The van der Waals surface area contributed by atoms with Gasteiger partial charge in [-0.1, -0.05) is 41.6 Å². The van der Waals surface area contributed by atoms with Crippen molar-refractivity contribution in [1.82, 2.24) is 20.4 Å². The fourth-order valence-electron chi connectivity index (χ4n) is 3.42. The number of rotatable bonds is 5. The second-order valence-electron chi connectivity index (χ2n) is 6.90. The van der Waals surface area contributed by atoms with E-state index in [0.717, 1.165) is 5.56 Å². The third-order valence-electron chi connectivity index (χ3n) is 4.94. The number of halogens is 1. The van der Waals surface area contributed by atoms with Crippen LogP contribution in [0.1, 0.15) is 28.6 Å². The van der Waals surface area contributed by atoms with Gasteiger partial charge in [0.25, 0.3) is 17.6 Å². The van der Waals surface area contributed by atoms with Gasteiger partial charge in [0.2, 0.25) is 5.91 Å². The summed E-state index contributed by atoms with van der Waals surface area (Å²) in [6, 6.07) is 13.8. The van der Waals surface area contributed by atoms with Gasteiger partial charge in [0.05, 0.1) is 6.04 Å². The van der Waals surface area contributed by atoms with E-state index in [-0.39, 0.29) is 30.2 Å². The van der Waals surface area contributed by atoms with Crippen LogP contribution in [0.3, 0.4) is 0 Å². The molecule has 0 saturated carbocycles. The highest BCUT2D eigenvalue weighted by Gasteiger charge is 2.39. The zero-order chi connectivity index (χ0) is 21.1. The average molecular weight is 406 g/mol. The van der Waals surface area contributed by atoms with Crippen molar-refractivity contribution in [1.29, 1.82) is 0 Å². The molecule has 0 radical (unpaired) electrons. The quantitative estimate of drug-likeness (QED) is 0.658. The Morgan fingerprint density at radius 1 is 1.23 bits per heavy atom. The lowest BCUT2D eigenvalue weighted by Gasteiger charge is -2.38. The average Bonchev–Trinajstić information content (AvgIpc) is 3.26. The molecule has 0 spiro atoms. The van der Waals surface area contributed by atoms with Gasteiger partial charge >= 0.3 is 0 Å². The number of aromatic nitrogens is 2. The van der Waals surface area contributed by atoms with Crippen LogP contribution in [-0.2, 0) is 4.79 Å². The molecular weight excluding hydrogens is 387 g/mol. The number of nitrogens with one attached hydrogen (secondary N) is 1. The zero-order valence-corrected chi connectivity index (χ0v) is 16.0. The standard InChI is InChI=1S/C22H19FN4O3/c1-2-6-18-20(28)24-17(14-7-4-3-5-8-14)13-27(18)22(29)19-25-21(30-26-19)15-9-11-16(23)12-10-15/h2-5,7-12,17-18H,1,6,13H2,(H,24,28)/t17-,18+/m1/s1. The number of carbonyl (C=O) groups is 2. The van der Waals surface area contributed by atoms with Gasteiger partial charge in [-0.05, 0) is 36.2 Å². The lowest BCUT2D eigenvalue weighted by molar-refractivity contribution is -0.129. The molecule has 1 N–H and O–H groups in total. The SMILES string of the molecule is C=CC[C@H]1C(=O)N[C@@H](c2ccccc2)CN1C(=O)c1noc(-c2ccc(F)cc2)n1. The van der Waals surface area contributed by atoms with Crippen molar-refractivity contribution < 1.29 is 18.5 Å². The first kappa shape index (κ1) is 19.5. The van der Waals surface area contributed by atoms with E-state index in [2.05, 4.69) is 22.0 Å². The molecule has 30 heavy (non-hydrogen) atoms. The molecule has 1 aromatic heterocycles. The Balaban J connectivity index is 1.61. The first-order valence-corrected chi connectivity index (χ1v) is 9.43. The van der Waals surface area contributed by atoms with Crippen molar-refractivity contribution in [3.63, 3.8) is 0 Å². The van der Waals surface area contributed by atoms with Crippen LogP contribution in [-0.4, -0.2) is 39.4 Å². The molecule has 1 aliphatic heterocycles. The molecule has 3 aromatic rings. The van der Waals surface area contributed by atoms with Gasteiger partial charge < -0.3 is 14.7 Å². The summed E-state index contributed by atoms with van der Waals surface area (Å²) in [4.78, 5) is 31.5. The highest BCUT2D eigenvalue weighted by atomic mass is 19.1. The van der Waals surface area contributed by atoms with E-state index >= 15 is 0 Å². The van der Waals surface area contributed by atoms with Crippen LogP contribution >= 0.6 is 0 Å². The first-order valence-electron chi connectivity index (χ1n) is 9.43. The van der Waals surface area contributed by atoms with Crippen LogP contribution < -0.4 is 5.32 Å². The molecule has 2 aromatic carbocycles. The monoisotopic (exact) mass is 406 g/mol. The van der Waals surface area contributed by atoms with Crippen LogP contribution in [0.4, 0.5) is 4.39 Å². The Bertz CT molecular complexity index is 1070. The van der Waals surface area contributed by atoms with E-state index in [0.29, 0.717) is 12.0 Å². The summed E-state index contributed by atoms with van der Waals surface area (Å²) >= 11 is 0. The lowest BCUT2D eigenvalue weighted by Crippen LogP contribution is -2.58. The second-order valence-corrected chi connectivity index (χ2v) is 6.90. The third-order valence-corrected chi connectivity index (χ3v) is 4.94. The molecule has 7 nitrogen and oxygen atoms in total. The Kier molecular flexibility index (Phi) is 5.38. The number of amides is 2. The van der Waals surface area contributed by atoms with E-state index in [1.807, 2.05) is 30.3 Å². The molecule has 2 heterocycles. The molecule has 8 heteroatoms. The van der Waals surface area contributed by atoms with Crippen LogP contribution in [0.2, 0.25) is 0 Å². The van der Waals surface area contributed by atoms with Crippen molar-refractivity contribution >= 4 is 11.8 Å². The summed E-state index contributed by atoms with van der Waals surface area (Å²) in [5.74, 6) is -1.25. The molecule has 0 unspecified atom stereocenters. The Morgan fingerprint density at radius 3 is 2.67 bits per heavy atom. The number of piperazine rings is 1. The molecule has 2 atom stereocenters. The number of hydrogen-bond acceptors (Lipinski definition) is 5. The summed E-state index contributed by atoms with van der Waals surface area (Å²) in [6.07, 6.45) is 1.88. The lowest BCUT2D eigenvalue weighted by atomic mass is 9.99. The van der Waals surface area contributed by atoms with Crippen LogP contribution in [0.5, 0.6) is 0 Å². The van der Waals surface area contributed by atoms with Crippen LogP contribution in [0.15, 0.2) is 71.8 Å². The van der Waals surface area contributed by atoms with Gasteiger partial charge in [0, 0.05) is 12.1 Å².